The molecule has 10 heteroatoms. The fraction of sp³-hybridized carbons (Fsp3) is 0.348. The fourth-order valence-electron chi connectivity index (χ4n) is 4.49. The van der Waals surface area contributed by atoms with Gasteiger partial charge < -0.3 is 19.9 Å². The van der Waals surface area contributed by atoms with Gasteiger partial charge in [-0.05, 0) is 30.0 Å². The molecule has 33 heavy (non-hydrogen) atoms. The summed E-state index contributed by atoms with van der Waals surface area (Å²) in [5.74, 6) is 0.721. The largest absolute Gasteiger partial charge is 0.495 e. The molecule has 1 aliphatic rings. The van der Waals surface area contributed by atoms with Gasteiger partial charge in [0.15, 0.2) is 0 Å². The molecule has 9 nitrogen and oxygen atoms in total. The zero-order chi connectivity index (χ0) is 23.1. The van der Waals surface area contributed by atoms with Crippen molar-refractivity contribution in [1.82, 2.24) is 24.8 Å². The van der Waals surface area contributed by atoms with Gasteiger partial charge in [-0.2, -0.15) is 10.1 Å². The van der Waals surface area contributed by atoms with Crippen molar-refractivity contribution < 1.29 is 19.4 Å². The van der Waals surface area contributed by atoms with Gasteiger partial charge in [-0.15, -0.1) is 11.3 Å². The zero-order valence-corrected chi connectivity index (χ0v) is 19.5. The average molecular weight is 468 g/mol. The van der Waals surface area contributed by atoms with E-state index in [1.54, 1.807) is 30.1 Å². The topological polar surface area (TPSA) is 101 Å². The van der Waals surface area contributed by atoms with E-state index in [1.807, 2.05) is 13.0 Å². The fourth-order valence-corrected chi connectivity index (χ4v) is 5.69. The molecule has 0 unspecified atom stereocenters. The van der Waals surface area contributed by atoms with E-state index in [0.29, 0.717) is 31.8 Å². The number of benzene rings is 1. The molecule has 1 aromatic carbocycles. The number of aromatic nitrogens is 3. The maximum absolute atomic E-state index is 11.9. The third kappa shape index (κ3) is 3.79. The molecule has 0 atom stereocenters. The summed E-state index contributed by atoms with van der Waals surface area (Å²) in [4.78, 5) is 19.0. The summed E-state index contributed by atoms with van der Waals surface area (Å²) in [5, 5.41) is 19.2. The van der Waals surface area contributed by atoms with Crippen molar-refractivity contribution in [3.05, 3.63) is 41.3 Å². The van der Waals surface area contributed by atoms with Gasteiger partial charge in [0.25, 0.3) is 0 Å². The minimum absolute atomic E-state index is 0.0000657. The van der Waals surface area contributed by atoms with E-state index >= 15 is 0 Å². The Balaban J connectivity index is 1.74. The Morgan fingerprint density at radius 1 is 1.27 bits per heavy atom. The summed E-state index contributed by atoms with van der Waals surface area (Å²) in [5.41, 5.74) is 4.27. The number of amides is 1. The molecule has 5 rings (SSSR count). The van der Waals surface area contributed by atoms with E-state index in [-0.39, 0.29) is 11.8 Å². The lowest BCUT2D eigenvalue weighted by Crippen LogP contribution is -2.47. The van der Waals surface area contributed by atoms with Crippen molar-refractivity contribution in [3.8, 4) is 22.1 Å². The number of piperazine rings is 1. The van der Waals surface area contributed by atoms with Gasteiger partial charge in [0.2, 0.25) is 11.8 Å². The van der Waals surface area contributed by atoms with E-state index in [0.717, 1.165) is 49.6 Å². The van der Waals surface area contributed by atoms with Gasteiger partial charge in [-0.1, -0.05) is 6.07 Å². The average Bonchev–Trinajstić information content (AvgIpc) is 3.33. The van der Waals surface area contributed by atoms with Gasteiger partial charge in [0, 0.05) is 42.7 Å². The molecule has 2 N–H and O–H groups in total. The van der Waals surface area contributed by atoms with Gasteiger partial charge in [0.05, 0.1) is 30.7 Å². The van der Waals surface area contributed by atoms with Gasteiger partial charge >= 0.3 is 0 Å². The Labute approximate surface area is 194 Å². The van der Waals surface area contributed by atoms with Gasteiger partial charge in [-0.3, -0.25) is 9.69 Å². The van der Waals surface area contributed by atoms with E-state index in [9.17, 15) is 9.90 Å². The first-order chi connectivity index (χ1) is 16.0. The third-order valence-corrected chi connectivity index (χ3v) is 7.07. The van der Waals surface area contributed by atoms with Crippen LogP contribution in [0.2, 0.25) is 0 Å². The summed E-state index contributed by atoms with van der Waals surface area (Å²) >= 11 is 1.60. The normalized spacial score (nSPS) is 14.8. The molecule has 1 amide bonds. The van der Waals surface area contributed by atoms with Crippen LogP contribution in [0.3, 0.4) is 0 Å². The molecule has 4 aromatic rings. The first-order valence-corrected chi connectivity index (χ1v) is 11.4. The summed E-state index contributed by atoms with van der Waals surface area (Å²) in [6.45, 7) is 4.51. The molecule has 1 fully saturated rings. The number of fused-ring (bicyclic) bond motifs is 2. The number of ether oxygens (including phenoxy) is 2. The van der Waals surface area contributed by atoms with Crippen molar-refractivity contribution in [1.29, 1.82) is 0 Å². The van der Waals surface area contributed by atoms with Crippen LogP contribution < -0.4 is 10.1 Å². The van der Waals surface area contributed by atoms with Gasteiger partial charge in [-0.25, -0.2) is 4.52 Å². The summed E-state index contributed by atoms with van der Waals surface area (Å²) in [7, 11) is 3.32. The van der Waals surface area contributed by atoms with Gasteiger partial charge in [0.1, 0.15) is 17.6 Å². The Morgan fingerprint density at radius 2 is 2.12 bits per heavy atom. The SMILES string of the molecule is COCc1c(-c2cc3cc(C)cc(OC)c3s2)c2c(O)ncnn2c1CN1CCNC(=O)C1. The number of methoxy groups -OCH3 is 2. The second-order valence-corrected chi connectivity index (χ2v) is 9.19. The lowest BCUT2D eigenvalue weighted by Gasteiger charge is -2.26. The lowest BCUT2D eigenvalue weighted by atomic mass is 10.1. The molecular formula is C23H25N5O4S. The lowest BCUT2D eigenvalue weighted by molar-refractivity contribution is -0.124. The highest BCUT2D eigenvalue weighted by molar-refractivity contribution is 7.22. The summed E-state index contributed by atoms with van der Waals surface area (Å²) < 4.78 is 14.0. The Kier molecular flexibility index (Phi) is 5.65. The van der Waals surface area contributed by atoms with Crippen molar-refractivity contribution in [2.24, 2.45) is 0 Å². The second-order valence-electron chi connectivity index (χ2n) is 8.13. The van der Waals surface area contributed by atoms with E-state index in [4.69, 9.17) is 9.47 Å². The standard InChI is InChI=1S/C23H25N5O4S/c1-13-6-14-8-18(33-22(14)17(7-13)32-3)20-15(11-31-2)16(9-27-5-4-24-19(29)10-27)28-21(20)23(30)25-12-26-28/h6-8,12H,4-5,9-11H2,1-3H3,(H,24,29)(H,25,26,30). The number of nitrogens with zero attached hydrogens (tertiary/aromatic N) is 4. The molecule has 1 aliphatic heterocycles. The number of carbonyl (C=O) groups excluding carboxylic acids is 1. The molecule has 0 saturated carbocycles. The molecule has 3 aromatic heterocycles. The molecular weight excluding hydrogens is 442 g/mol. The predicted molar refractivity (Wildman–Crippen MR) is 126 cm³/mol. The van der Waals surface area contributed by atoms with Crippen molar-refractivity contribution >= 4 is 32.8 Å². The quantitative estimate of drug-likeness (QED) is 0.450. The number of aromatic hydroxyl groups is 1. The van der Waals surface area contributed by atoms with Crippen LogP contribution >= 0.6 is 11.3 Å². The highest BCUT2D eigenvalue weighted by Gasteiger charge is 2.27. The van der Waals surface area contributed by atoms with Crippen molar-refractivity contribution in [2.45, 2.75) is 20.1 Å². The van der Waals surface area contributed by atoms with Crippen LogP contribution in [0.15, 0.2) is 24.5 Å². The molecule has 1 saturated heterocycles. The molecule has 4 heterocycles. The third-order valence-electron chi connectivity index (χ3n) is 5.89. The number of nitrogens with one attached hydrogen (secondary N) is 1. The monoisotopic (exact) mass is 467 g/mol. The smallest absolute Gasteiger partial charge is 0.239 e. The predicted octanol–water partition coefficient (Wildman–Crippen LogP) is 2.71. The van der Waals surface area contributed by atoms with E-state index in [1.165, 1.54) is 6.33 Å². The molecule has 0 aliphatic carbocycles. The van der Waals surface area contributed by atoms with Crippen LogP contribution in [0.25, 0.3) is 26.0 Å². The van der Waals surface area contributed by atoms with Crippen molar-refractivity contribution in [2.75, 3.05) is 33.9 Å². The van der Waals surface area contributed by atoms with Crippen LogP contribution in [0, 0.1) is 6.92 Å². The maximum atomic E-state index is 11.9. The van der Waals surface area contributed by atoms with E-state index < -0.39 is 0 Å². The summed E-state index contributed by atoms with van der Waals surface area (Å²) in [6, 6.07) is 6.24. The molecule has 172 valence electrons. The number of aryl methyl sites for hydroxylation is 1. The number of carbonyl (C=O) groups is 1. The van der Waals surface area contributed by atoms with Crippen LogP contribution in [0.4, 0.5) is 0 Å². The second kappa shape index (κ2) is 8.62. The van der Waals surface area contributed by atoms with Crippen LogP contribution in [0.1, 0.15) is 16.8 Å². The highest BCUT2D eigenvalue weighted by Crippen LogP contribution is 2.45. The molecule has 0 radical (unpaired) electrons. The Morgan fingerprint density at radius 3 is 2.88 bits per heavy atom. The highest BCUT2D eigenvalue weighted by atomic mass is 32.1. The minimum Gasteiger partial charge on any atom is -0.495 e. The van der Waals surface area contributed by atoms with Crippen LogP contribution in [-0.4, -0.2) is 64.4 Å². The van der Waals surface area contributed by atoms with Crippen molar-refractivity contribution in [3.63, 3.8) is 0 Å². The first kappa shape index (κ1) is 21.6. The molecule has 0 spiro atoms. The first-order valence-electron chi connectivity index (χ1n) is 10.6. The Bertz CT molecular complexity index is 1360. The maximum Gasteiger partial charge on any atom is 0.239 e. The zero-order valence-electron chi connectivity index (χ0n) is 18.7. The molecule has 0 bridgehead atoms. The van der Waals surface area contributed by atoms with E-state index in [2.05, 4.69) is 32.4 Å². The summed E-state index contributed by atoms with van der Waals surface area (Å²) in [6.07, 6.45) is 1.34. The number of hydrogen-bond donors (Lipinski definition) is 2. The van der Waals surface area contributed by atoms with Crippen LogP contribution in [0.5, 0.6) is 11.6 Å². The number of rotatable bonds is 6. The Hall–Kier alpha value is -3.21. The number of hydrogen-bond acceptors (Lipinski definition) is 8. The minimum atomic E-state index is -0.0967. The number of thiophene rings is 1. The van der Waals surface area contributed by atoms with Crippen LogP contribution in [-0.2, 0) is 22.7 Å².